The first kappa shape index (κ1) is 15.3. The SMILES string of the molecule is Cc1c(Cl)cccc1OC(=O)c1cnn(-c2ccccc2)c1C. The van der Waals surface area contributed by atoms with E-state index in [2.05, 4.69) is 5.10 Å². The lowest BCUT2D eigenvalue weighted by molar-refractivity contribution is 0.0733. The van der Waals surface area contributed by atoms with Crippen molar-refractivity contribution in [3.63, 3.8) is 0 Å². The van der Waals surface area contributed by atoms with E-state index in [1.54, 1.807) is 22.9 Å². The van der Waals surface area contributed by atoms with Crippen LogP contribution >= 0.6 is 11.6 Å². The topological polar surface area (TPSA) is 44.1 Å². The first-order chi connectivity index (χ1) is 11.1. The third-order valence-corrected chi connectivity index (χ3v) is 4.06. The second-order valence-corrected chi connectivity index (χ2v) is 5.55. The maximum atomic E-state index is 12.4. The van der Waals surface area contributed by atoms with Crippen molar-refractivity contribution in [1.29, 1.82) is 0 Å². The molecule has 5 heteroatoms. The highest BCUT2D eigenvalue weighted by molar-refractivity contribution is 6.31. The van der Waals surface area contributed by atoms with Gasteiger partial charge < -0.3 is 4.74 Å². The minimum absolute atomic E-state index is 0.424. The van der Waals surface area contributed by atoms with Crippen LogP contribution < -0.4 is 4.74 Å². The van der Waals surface area contributed by atoms with Gasteiger partial charge in [-0.3, -0.25) is 0 Å². The number of aromatic nitrogens is 2. The summed E-state index contributed by atoms with van der Waals surface area (Å²) in [6.45, 7) is 3.65. The number of carbonyl (C=O) groups excluding carboxylic acids is 1. The zero-order valence-corrected chi connectivity index (χ0v) is 13.5. The van der Waals surface area contributed by atoms with Gasteiger partial charge in [-0.25, -0.2) is 9.48 Å². The summed E-state index contributed by atoms with van der Waals surface area (Å²) in [5.41, 5.74) is 2.77. The molecule has 0 amide bonds. The van der Waals surface area contributed by atoms with Crippen molar-refractivity contribution in [3.05, 3.63) is 76.6 Å². The maximum Gasteiger partial charge on any atom is 0.347 e. The molecular formula is C18H15ClN2O2. The summed E-state index contributed by atoms with van der Waals surface area (Å²) >= 11 is 6.05. The minimum Gasteiger partial charge on any atom is -0.423 e. The lowest BCUT2D eigenvalue weighted by atomic mass is 10.2. The van der Waals surface area contributed by atoms with Crippen molar-refractivity contribution in [2.24, 2.45) is 0 Å². The molecule has 23 heavy (non-hydrogen) atoms. The third-order valence-electron chi connectivity index (χ3n) is 3.65. The highest BCUT2D eigenvalue weighted by Crippen LogP contribution is 2.26. The van der Waals surface area contributed by atoms with Gasteiger partial charge in [0.05, 0.1) is 17.6 Å². The van der Waals surface area contributed by atoms with Crippen LogP contribution in [0.3, 0.4) is 0 Å². The quantitative estimate of drug-likeness (QED) is 0.530. The largest absolute Gasteiger partial charge is 0.423 e. The Morgan fingerprint density at radius 3 is 2.57 bits per heavy atom. The van der Waals surface area contributed by atoms with Crippen LogP contribution in [-0.4, -0.2) is 15.7 Å². The Hall–Kier alpha value is -2.59. The van der Waals surface area contributed by atoms with E-state index < -0.39 is 5.97 Å². The molecule has 1 heterocycles. The fourth-order valence-corrected chi connectivity index (χ4v) is 2.46. The molecule has 0 aliphatic heterocycles. The van der Waals surface area contributed by atoms with Gasteiger partial charge in [-0.15, -0.1) is 0 Å². The van der Waals surface area contributed by atoms with Crippen molar-refractivity contribution in [2.45, 2.75) is 13.8 Å². The Kier molecular flexibility index (Phi) is 4.17. The van der Waals surface area contributed by atoms with Gasteiger partial charge in [0.2, 0.25) is 0 Å². The van der Waals surface area contributed by atoms with Crippen LogP contribution in [0.4, 0.5) is 0 Å². The third kappa shape index (κ3) is 2.98. The van der Waals surface area contributed by atoms with Crippen molar-refractivity contribution in [3.8, 4) is 11.4 Å². The number of hydrogen-bond donors (Lipinski definition) is 0. The van der Waals surface area contributed by atoms with E-state index >= 15 is 0 Å². The van der Waals surface area contributed by atoms with Gasteiger partial charge in [0.15, 0.2) is 0 Å². The van der Waals surface area contributed by atoms with Gasteiger partial charge in [0.25, 0.3) is 0 Å². The normalized spacial score (nSPS) is 10.6. The zero-order chi connectivity index (χ0) is 16.4. The van der Waals surface area contributed by atoms with Crippen molar-refractivity contribution < 1.29 is 9.53 Å². The van der Waals surface area contributed by atoms with E-state index in [0.717, 1.165) is 16.9 Å². The van der Waals surface area contributed by atoms with Crippen LogP contribution in [0.2, 0.25) is 5.02 Å². The van der Waals surface area contributed by atoms with E-state index in [0.29, 0.717) is 16.3 Å². The summed E-state index contributed by atoms with van der Waals surface area (Å²) in [5.74, 6) is 0.00408. The average molecular weight is 327 g/mol. The molecule has 0 unspecified atom stereocenters. The van der Waals surface area contributed by atoms with Crippen LogP contribution in [0.1, 0.15) is 21.6 Å². The van der Waals surface area contributed by atoms with Gasteiger partial charge in [-0.1, -0.05) is 35.9 Å². The van der Waals surface area contributed by atoms with Gasteiger partial charge in [0, 0.05) is 10.6 Å². The highest BCUT2D eigenvalue weighted by Gasteiger charge is 2.18. The first-order valence-electron chi connectivity index (χ1n) is 7.15. The predicted molar refractivity (Wildman–Crippen MR) is 89.4 cm³/mol. The van der Waals surface area contributed by atoms with Crippen molar-refractivity contribution in [1.82, 2.24) is 9.78 Å². The molecule has 0 aliphatic carbocycles. The number of hydrogen-bond acceptors (Lipinski definition) is 3. The van der Waals surface area contributed by atoms with E-state index in [9.17, 15) is 4.79 Å². The number of carbonyl (C=O) groups is 1. The standard InChI is InChI=1S/C18H15ClN2O2/c1-12-16(19)9-6-10-17(12)23-18(22)15-11-20-21(13(15)2)14-7-4-3-5-8-14/h3-11H,1-2H3. The number of esters is 1. The Labute approximate surface area is 139 Å². The van der Waals surface area contributed by atoms with Gasteiger partial charge in [-0.05, 0) is 38.1 Å². The Morgan fingerprint density at radius 2 is 1.83 bits per heavy atom. The van der Waals surface area contributed by atoms with Crippen molar-refractivity contribution in [2.75, 3.05) is 0 Å². The molecule has 0 fully saturated rings. The van der Waals surface area contributed by atoms with Gasteiger partial charge in [0.1, 0.15) is 11.3 Å². The lowest BCUT2D eigenvalue weighted by Crippen LogP contribution is -2.11. The maximum absolute atomic E-state index is 12.4. The second kappa shape index (κ2) is 6.26. The number of halogens is 1. The molecule has 0 spiro atoms. The highest BCUT2D eigenvalue weighted by atomic mass is 35.5. The molecule has 2 aromatic carbocycles. The Morgan fingerprint density at radius 1 is 1.09 bits per heavy atom. The molecule has 0 saturated carbocycles. The number of ether oxygens (including phenoxy) is 1. The number of para-hydroxylation sites is 1. The number of rotatable bonds is 3. The summed E-state index contributed by atoms with van der Waals surface area (Å²) in [5, 5.41) is 4.84. The monoisotopic (exact) mass is 326 g/mol. The smallest absolute Gasteiger partial charge is 0.347 e. The molecule has 4 nitrogen and oxygen atoms in total. The summed E-state index contributed by atoms with van der Waals surface area (Å²) < 4.78 is 7.18. The average Bonchev–Trinajstić information content (AvgIpc) is 2.94. The first-order valence-corrected chi connectivity index (χ1v) is 7.53. The fraction of sp³-hybridized carbons (Fsp3) is 0.111. The molecule has 0 radical (unpaired) electrons. The van der Waals surface area contributed by atoms with E-state index in [1.165, 1.54) is 6.20 Å². The van der Waals surface area contributed by atoms with Crippen LogP contribution in [0.5, 0.6) is 5.75 Å². The van der Waals surface area contributed by atoms with Crippen LogP contribution in [-0.2, 0) is 0 Å². The molecule has 3 aromatic rings. The molecule has 116 valence electrons. The molecule has 0 atom stereocenters. The van der Waals surface area contributed by atoms with Crippen LogP contribution in [0.25, 0.3) is 5.69 Å². The lowest BCUT2D eigenvalue weighted by Gasteiger charge is -2.08. The summed E-state index contributed by atoms with van der Waals surface area (Å²) in [7, 11) is 0. The molecule has 0 N–H and O–H groups in total. The number of nitrogens with zero attached hydrogens (tertiary/aromatic N) is 2. The summed E-state index contributed by atoms with van der Waals surface area (Å²) in [6.07, 6.45) is 1.52. The predicted octanol–water partition coefficient (Wildman–Crippen LogP) is 4.36. The van der Waals surface area contributed by atoms with Gasteiger partial charge in [-0.2, -0.15) is 5.10 Å². The van der Waals surface area contributed by atoms with E-state index in [1.807, 2.05) is 44.2 Å². The molecule has 3 rings (SSSR count). The molecular weight excluding hydrogens is 312 g/mol. The van der Waals surface area contributed by atoms with E-state index in [4.69, 9.17) is 16.3 Å². The number of benzene rings is 2. The van der Waals surface area contributed by atoms with Gasteiger partial charge >= 0.3 is 5.97 Å². The Balaban J connectivity index is 1.89. The molecule has 0 saturated heterocycles. The summed E-state index contributed by atoms with van der Waals surface area (Å²) in [6, 6.07) is 14.8. The van der Waals surface area contributed by atoms with E-state index in [-0.39, 0.29) is 0 Å². The minimum atomic E-state index is -0.449. The van der Waals surface area contributed by atoms with Crippen LogP contribution in [0, 0.1) is 13.8 Å². The fourth-order valence-electron chi connectivity index (χ4n) is 2.29. The van der Waals surface area contributed by atoms with Crippen LogP contribution in [0.15, 0.2) is 54.7 Å². The second-order valence-electron chi connectivity index (χ2n) is 5.14. The Bertz CT molecular complexity index is 857. The molecule has 1 aromatic heterocycles. The molecule has 0 aliphatic rings. The van der Waals surface area contributed by atoms with Crippen molar-refractivity contribution >= 4 is 17.6 Å². The zero-order valence-electron chi connectivity index (χ0n) is 12.8. The summed E-state index contributed by atoms with van der Waals surface area (Å²) in [4.78, 5) is 12.4. The molecule has 0 bridgehead atoms.